The van der Waals surface area contributed by atoms with Gasteiger partial charge in [0, 0.05) is 19.1 Å². The molecule has 0 aromatic carbocycles. The van der Waals surface area contributed by atoms with Crippen molar-refractivity contribution in [2.45, 2.75) is 46.6 Å². The summed E-state index contributed by atoms with van der Waals surface area (Å²) in [5.41, 5.74) is 2.86. The Labute approximate surface area is 117 Å². The minimum Gasteiger partial charge on any atom is -0.370 e. The van der Waals surface area contributed by atoms with Gasteiger partial charge in [0.05, 0.1) is 17.6 Å². The molecule has 0 amide bonds. The lowest BCUT2D eigenvalue weighted by atomic mass is 9.93. The average Bonchev–Trinajstić information content (AvgIpc) is 2.77. The number of pyridine rings is 1. The van der Waals surface area contributed by atoms with Crippen LogP contribution in [-0.4, -0.2) is 24.6 Å². The Balaban J connectivity index is 2.06. The van der Waals surface area contributed by atoms with E-state index >= 15 is 0 Å². The van der Waals surface area contributed by atoms with Crippen molar-refractivity contribution in [1.29, 1.82) is 0 Å². The highest BCUT2D eigenvalue weighted by molar-refractivity contribution is 5.46. The van der Waals surface area contributed by atoms with Crippen LogP contribution in [0.25, 0.3) is 0 Å². The highest BCUT2D eigenvalue weighted by Crippen LogP contribution is 2.32. The number of rotatable bonds is 5. The fourth-order valence-electron chi connectivity index (χ4n) is 2.83. The summed E-state index contributed by atoms with van der Waals surface area (Å²) in [6.07, 6.45) is 4.39. The van der Waals surface area contributed by atoms with Crippen LogP contribution in [-0.2, 0) is 0 Å². The second-order valence-corrected chi connectivity index (χ2v) is 6.30. The van der Waals surface area contributed by atoms with Crippen LogP contribution in [0.2, 0.25) is 0 Å². The second kappa shape index (κ2) is 5.91. The first kappa shape index (κ1) is 14.3. The molecule has 3 nitrogen and oxygen atoms in total. The molecule has 19 heavy (non-hydrogen) atoms. The van der Waals surface area contributed by atoms with E-state index in [1.165, 1.54) is 12.1 Å². The van der Waals surface area contributed by atoms with Gasteiger partial charge in [-0.2, -0.15) is 0 Å². The molecule has 2 heterocycles. The second-order valence-electron chi connectivity index (χ2n) is 6.30. The van der Waals surface area contributed by atoms with Crippen LogP contribution in [0.3, 0.4) is 0 Å². The van der Waals surface area contributed by atoms with Crippen molar-refractivity contribution in [3.63, 3.8) is 0 Å². The zero-order valence-corrected chi connectivity index (χ0v) is 12.7. The Morgan fingerprint density at radius 1 is 1.37 bits per heavy atom. The Morgan fingerprint density at radius 3 is 2.63 bits per heavy atom. The van der Waals surface area contributed by atoms with Gasteiger partial charge in [0.25, 0.3) is 0 Å². The van der Waals surface area contributed by atoms with E-state index in [2.05, 4.69) is 55.0 Å². The summed E-state index contributed by atoms with van der Waals surface area (Å²) in [7, 11) is 0. The van der Waals surface area contributed by atoms with Gasteiger partial charge in [-0.25, -0.2) is 0 Å². The van der Waals surface area contributed by atoms with Crippen LogP contribution < -0.4 is 10.2 Å². The molecule has 0 aliphatic carbocycles. The van der Waals surface area contributed by atoms with E-state index in [-0.39, 0.29) is 0 Å². The van der Waals surface area contributed by atoms with Crippen molar-refractivity contribution in [2.24, 2.45) is 5.41 Å². The summed E-state index contributed by atoms with van der Waals surface area (Å²) in [6, 6.07) is 4.79. The minimum atomic E-state index is 0.383. The van der Waals surface area contributed by atoms with E-state index in [0.29, 0.717) is 11.5 Å². The van der Waals surface area contributed by atoms with Gasteiger partial charge in [0.15, 0.2) is 0 Å². The summed E-state index contributed by atoms with van der Waals surface area (Å²) in [6.45, 7) is 12.3. The van der Waals surface area contributed by atoms with Gasteiger partial charge in [-0.15, -0.1) is 0 Å². The van der Waals surface area contributed by atoms with Crippen molar-refractivity contribution < 1.29 is 0 Å². The lowest BCUT2D eigenvalue weighted by Crippen LogP contribution is -2.24. The average molecular weight is 261 g/mol. The molecule has 0 saturated carbocycles. The van der Waals surface area contributed by atoms with Gasteiger partial charge in [-0.1, -0.05) is 27.7 Å². The molecule has 0 spiro atoms. The molecule has 3 heteroatoms. The zero-order valence-electron chi connectivity index (χ0n) is 12.7. The number of hydrogen-bond acceptors (Lipinski definition) is 3. The quantitative estimate of drug-likeness (QED) is 0.880. The molecule has 1 aromatic rings. The van der Waals surface area contributed by atoms with Crippen molar-refractivity contribution in [3.05, 3.63) is 24.0 Å². The molecule has 0 radical (unpaired) electrons. The maximum Gasteiger partial charge on any atom is 0.0574 e. The maximum absolute atomic E-state index is 4.66. The van der Waals surface area contributed by atoms with Crippen molar-refractivity contribution in [1.82, 2.24) is 10.3 Å². The Kier molecular flexibility index (Phi) is 4.46. The molecular weight excluding hydrogens is 234 g/mol. The third-order valence-electron chi connectivity index (χ3n) is 4.03. The third-order valence-corrected chi connectivity index (χ3v) is 4.03. The van der Waals surface area contributed by atoms with Gasteiger partial charge in [0.1, 0.15) is 0 Å². The molecule has 1 saturated heterocycles. The van der Waals surface area contributed by atoms with E-state index in [0.717, 1.165) is 31.7 Å². The molecule has 1 aliphatic heterocycles. The molecule has 1 fully saturated rings. The van der Waals surface area contributed by atoms with Gasteiger partial charge in [0.2, 0.25) is 0 Å². The van der Waals surface area contributed by atoms with Gasteiger partial charge >= 0.3 is 0 Å². The predicted octanol–water partition coefficient (Wildman–Crippen LogP) is 3.38. The van der Waals surface area contributed by atoms with E-state index in [1.54, 1.807) is 0 Å². The monoisotopic (exact) mass is 261 g/mol. The van der Waals surface area contributed by atoms with Gasteiger partial charge in [-0.05, 0) is 36.9 Å². The molecule has 1 aromatic heterocycles. The molecule has 1 N–H and O–H groups in total. The topological polar surface area (TPSA) is 28.2 Å². The number of hydrogen-bond donors (Lipinski definition) is 1. The van der Waals surface area contributed by atoms with Crippen molar-refractivity contribution in [3.8, 4) is 0 Å². The highest BCUT2D eigenvalue weighted by Gasteiger charge is 2.29. The smallest absolute Gasteiger partial charge is 0.0574 e. The van der Waals surface area contributed by atoms with Crippen LogP contribution in [0.1, 0.15) is 52.3 Å². The molecule has 1 unspecified atom stereocenters. The SMILES string of the molecule is CCNC(CC)c1ccc(N2CCC(C)(C)C2)cn1. The van der Waals surface area contributed by atoms with Gasteiger partial charge < -0.3 is 10.2 Å². The largest absolute Gasteiger partial charge is 0.370 e. The van der Waals surface area contributed by atoms with Crippen molar-refractivity contribution in [2.75, 3.05) is 24.5 Å². The lowest BCUT2D eigenvalue weighted by Gasteiger charge is -2.22. The van der Waals surface area contributed by atoms with Crippen LogP contribution in [0.4, 0.5) is 5.69 Å². The van der Waals surface area contributed by atoms with Crippen LogP contribution in [0.5, 0.6) is 0 Å². The molecule has 2 rings (SSSR count). The first-order valence-electron chi connectivity index (χ1n) is 7.50. The van der Waals surface area contributed by atoms with Crippen molar-refractivity contribution >= 4 is 5.69 Å². The predicted molar refractivity (Wildman–Crippen MR) is 81.6 cm³/mol. The number of nitrogens with zero attached hydrogens (tertiary/aromatic N) is 2. The molecule has 106 valence electrons. The van der Waals surface area contributed by atoms with Crippen LogP contribution in [0, 0.1) is 5.41 Å². The minimum absolute atomic E-state index is 0.383. The Morgan fingerprint density at radius 2 is 2.16 bits per heavy atom. The first-order valence-corrected chi connectivity index (χ1v) is 7.50. The Hall–Kier alpha value is -1.09. The molecule has 1 atom stereocenters. The summed E-state index contributed by atoms with van der Waals surface area (Å²) in [4.78, 5) is 7.11. The zero-order chi connectivity index (χ0) is 13.9. The fourth-order valence-corrected chi connectivity index (χ4v) is 2.83. The van der Waals surface area contributed by atoms with E-state index in [1.807, 2.05) is 6.20 Å². The molecular formula is C16H27N3. The normalized spacial score (nSPS) is 19.7. The Bertz CT molecular complexity index is 397. The lowest BCUT2D eigenvalue weighted by molar-refractivity contribution is 0.418. The highest BCUT2D eigenvalue weighted by atomic mass is 15.2. The fraction of sp³-hybridized carbons (Fsp3) is 0.688. The number of anilines is 1. The van der Waals surface area contributed by atoms with Crippen LogP contribution >= 0.6 is 0 Å². The van der Waals surface area contributed by atoms with Crippen LogP contribution in [0.15, 0.2) is 18.3 Å². The summed E-state index contributed by atoms with van der Waals surface area (Å²) >= 11 is 0. The van der Waals surface area contributed by atoms with E-state index in [4.69, 9.17) is 0 Å². The number of aromatic nitrogens is 1. The standard InChI is InChI=1S/C16H27N3/c1-5-14(17-6-2)15-8-7-13(11-18-15)19-10-9-16(3,4)12-19/h7-8,11,14,17H,5-6,9-10,12H2,1-4H3. The third kappa shape index (κ3) is 3.47. The van der Waals surface area contributed by atoms with Gasteiger partial charge in [-0.3, -0.25) is 4.98 Å². The maximum atomic E-state index is 4.66. The number of nitrogens with one attached hydrogen (secondary N) is 1. The van der Waals surface area contributed by atoms with E-state index in [9.17, 15) is 0 Å². The summed E-state index contributed by atoms with van der Waals surface area (Å²) < 4.78 is 0. The molecule has 0 bridgehead atoms. The first-order chi connectivity index (χ1) is 9.05. The summed E-state index contributed by atoms with van der Waals surface area (Å²) in [5, 5.41) is 3.47. The van der Waals surface area contributed by atoms with E-state index < -0.39 is 0 Å². The molecule has 1 aliphatic rings. The summed E-state index contributed by atoms with van der Waals surface area (Å²) in [5.74, 6) is 0.